The maximum atomic E-state index is 13.2. The molecule has 0 aliphatic heterocycles. The van der Waals surface area contributed by atoms with Gasteiger partial charge in [0.15, 0.2) is 0 Å². The van der Waals surface area contributed by atoms with Gasteiger partial charge in [-0.2, -0.15) is 0 Å². The van der Waals surface area contributed by atoms with E-state index in [1.807, 2.05) is 30.3 Å². The molecule has 0 saturated carbocycles. The van der Waals surface area contributed by atoms with Crippen LogP contribution in [0.4, 0.5) is 5.00 Å². The lowest BCUT2D eigenvalue weighted by molar-refractivity contribution is 0.102. The number of benzene rings is 2. The summed E-state index contributed by atoms with van der Waals surface area (Å²) in [7, 11) is 0. The number of hydrogen-bond acceptors (Lipinski definition) is 5. The van der Waals surface area contributed by atoms with Crippen LogP contribution in [-0.4, -0.2) is 16.6 Å². The van der Waals surface area contributed by atoms with E-state index in [2.05, 4.69) is 30.4 Å². The van der Waals surface area contributed by atoms with Gasteiger partial charge in [0, 0.05) is 15.3 Å². The van der Waals surface area contributed by atoms with Gasteiger partial charge >= 0.3 is 0 Å². The van der Waals surface area contributed by atoms with Crippen LogP contribution in [0.15, 0.2) is 53.4 Å². The number of para-hydroxylation sites is 1. The number of thiazole rings is 1. The third-order valence-electron chi connectivity index (χ3n) is 5.34. The molecule has 152 valence electrons. The van der Waals surface area contributed by atoms with Gasteiger partial charge in [-0.15, -0.1) is 34.4 Å². The summed E-state index contributed by atoms with van der Waals surface area (Å²) >= 11 is 5.16. The van der Waals surface area contributed by atoms with Crippen molar-refractivity contribution < 1.29 is 4.79 Å². The molecule has 0 bridgehead atoms. The summed E-state index contributed by atoms with van der Waals surface area (Å²) in [4.78, 5) is 20.6. The molecule has 0 spiro atoms. The fourth-order valence-corrected chi connectivity index (χ4v) is 7.16. The SMILES string of the molecule is CCSc1ccccc1C(=O)Nc1sc2c(c1-c1nc3ccccc3s1)CCCC2. The molecule has 0 unspecified atom stereocenters. The number of thioether (sulfide) groups is 1. The van der Waals surface area contributed by atoms with E-state index in [1.54, 1.807) is 34.4 Å². The van der Waals surface area contributed by atoms with Crippen LogP contribution < -0.4 is 5.32 Å². The molecule has 30 heavy (non-hydrogen) atoms. The van der Waals surface area contributed by atoms with Crippen molar-refractivity contribution in [3.05, 3.63) is 64.5 Å². The number of hydrogen-bond donors (Lipinski definition) is 1. The monoisotopic (exact) mass is 450 g/mol. The minimum absolute atomic E-state index is 0.0347. The Morgan fingerprint density at radius 2 is 1.87 bits per heavy atom. The number of nitrogens with zero attached hydrogens (tertiary/aromatic N) is 1. The highest BCUT2D eigenvalue weighted by molar-refractivity contribution is 7.99. The molecule has 4 aromatic rings. The van der Waals surface area contributed by atoms with E-state index >= 15 is 0 Å². The van der Waals surface area contributed by atoms with Gasteiger partial charge in [-0.3, -0.25) is 4.79 Å². The first-order chi connectivity index (χ1) is 14.7. The fourth-order valence-electron chi connectivity index (χ4n) is 3.97. The number of carbonyl (C=O) groups excluding carboxylic acids is 1. The Morgan fingerprint density at radius 3 is 2.73 bits per heavy atom. The van der Waals surface area contributed by atoms with E-state index in [1.165, 1.54) is 28.0 Å². The summed E-state index contributed by atoms with van der Waals surface area (Å²) < 4.78 is 1.19. The molecular weight excluding hydrogens is 428 g/mol. The van der Waals surface area contributed by atoms with E-state index in [4.69, 9.17) is 4.98 Å². The summed E-state index contributed by atoms with van der Waals surface area (Å²) in [6, 6.07) is 16.1. The number of amides is 1. The van der Waals surface area contributed by atoms with Crippen LogP contribution >= 0.6 is 34.4 Å². The largest absolute Gasteiger partial charge is 0.313 e. The van der Waals surface area contributed by atoms with Crippen molar-refractivity contribution in [2.24, 2.45) is 0 Å². The van der Waals surface area contributed by atoms with Gasteiger partial charge in [0.2, 0.25) is 0 Å². The van der Waals surface area contributed by atoms with Crippen LogP contribution in [0, 0.1) is 0 Å². The van der Waals surface area contributed by atoms with Crippen LogP contribution in [0.25, 0.3) is 20.8 Å². The molecule has 5 rings (SSSR count). The number of aryl methyl sites for hydroxylation is 1. The third-order valence-corrected chi connectivity index (χ3v) is 8.55. The minimum Gasteiger partial charge on any atom is -0.313 e. The molecule has 3 nitrogen and oxygen atoms in total. The summed E-state index contributed by atoms with van der Waals surface area (Å²) in [5.41, 5.74) is 4.29. The number of anilines is 1. The molecule has 0 fully saturated rings. The minimum atomic E-state index is -0.0347. The van der Waals surface area contributed by atoms with Crippen molar-refractivity contribution in [1.82, 2.24) is 4.98 Å². The predicted octanol–water partition coefficient (Wildman–Crippen LogP) is 7.27. The number of fused-ring (bicyclic) bond motifs is 2. The Kier molecular flexibility index (Phi) is 5.63. The molecule has 0 atom stereocenters. The number of thiophene rings is 1. The second-order valence-electron chi connectivity index (χ2n) is 7.29. The first kappa shape index (κ1) is 19.8. The third kappa shape index (κ3) is 3.68. The van der Waals surface area contributed by atoms with Crippen LogP contribution in [-0.2, 0) is 12.8 Å². The molecule has 2 heterocycles. The quantitative estimate of drug-likeness (QED) is 0.325. The second-order valence-corrected chi connectivity index (χ2v) is 10.7. The van der Waals surface area contributed by atoms with E-state index in [0.29, 0.717) is 0 Å². The smallest absolute Gasteiger partial charge is 0.257 e. The van der Waals surface area contributed by atoms with Gasteiger partial charge in [0.05, 0.1) is 15.8 Å². The standard InChI is InChI=1S/C24H22N2OS3/c1-2-28-18-12-6-4-10-16(18)22(27)26-24-21(15-9-3-7-13-19(15)29-24)23-25-17-11-5-8-14-20(17)30-23/h4-6,8,10-12,14H,2-3,7,9,13H2,1H3,(H,26,27). The van der Waals surface area contributed by atoms with Gasteiger partial charge < -0.3 is 5.32 Å². The maximum Gasteiger partial charge on any atom is 0.257 e. The molecule has 6 heteroatoms. The highest BCUT2D eigenvalue weighted by atomic mass is 32.2. The Bertz CT molecular complexity index is 1190. The zero-order chi connectivity index (χ0) is 20.5. The number of aromatic nitrogens is 1. The Morgan fingerprint density at radius 1 is 1.07 bits per heavy atom. The zero-order valence-electron chi connectivity index (χ0n) is 16.7. The summed E-state index contributed by atoms with van der Waals surface area (Å²) in [6.07, 6.45) is 4.58. The van der Waals surface area contributed by atoms with Crippen molar-refractivity contribution in [2.75, 3.05) is 11.1 Å². The van der Waals surface area contributed by atoms with Crippen LogP contribution in [0.1, 0.15) is 40.6 Å². The van der Waals surface area contributed by atoms with E-state index in [9.17, 15) is 4.79 Å². The van der Waals surface area contributed by atoms with Gasteiger partial charge in [-0.05, 0) is 61.3 Å². The zero-order valence-corrected chi connectivity index (χ0v) is 19.2. The summed E-state index contributed by atoms with van der Waals surface area (Å²) in [5.74, 6) is 0.904. The highest BCUT2D eigenvalue weighted by Gasteiger charge is 2.25. The van der Waals surface area contributed by atoms with Crippen molar-refractivity contribution in [1.29, 1.82) is 0 Å². The van der Waals surface area contributed by atoms with Crippen LogP contribution in [0.3, 0.4) is 0 Å². The average Bonchev–Trinajstić information content (AvgIpc) is 3.34. The van der Waals surface area contributed by atoms with Gasteiger partial charge in [0.25, 0.3) is 5.91 Å². The van der Waals surface area contributed by atoms with Crippen molar-refractivity contribution in [3.63, 3.8) is 0 Å². The van der Waals surface area contributed by atoms with Crippen molar-refractivity contribution in [2.45, 2.75) is 37.5 Å². The molecule has 0 saturated heterocycles. The molecule has 0 radical (unpaired) electrons. The Hall–Kier alpha value is -2.15. The normalized spacial score (nSPS) is 13.4. The molecule has 1 amide bonds. The lowest BCUT2D eigenvalue weighted by Gasteiger charge is -2.12. The van der Waals surface area contributed by atoms with Crippen LogP contribution in [0.5, 0.6) is 0 Å². The first-order valence-electron chi connectivity index (χ1n) is 10.3. The topological polar surface area (TPSA) is 42.0 Å². The first-order valence-corrected chi connectivity index (χ1v) is 12.9. The molecule has 1 N–H and O–H groups in total. The molecular formula is C24H22N2OS3. The van der Waals surface area contributed by atoms with Gasteiger partial charge in [-0.25, -0.2) is 4.98 Å². The van der Waals surface area contributed by atoms with Crippen LogP contribution in [0.2, 0.25) is 0 Å². The lowest BCUT2D eigenvalue weighted by Crippen LogP contribution is -2.12. The average molecular weight is 451 g/mol. The summed E-state index contributed by atoms with van der Waals surface area (Å²) in [6.45, 7) is 2.11. The molecule has 2 aromatic heterocycles. The number of rotatable bonds is 5. The second kappa shape index (κ2) is 8.53. The van der Waals surface area contributed by atoms with E-state index < -0.39 is 0 Å². The summed E-state index contributed by atoms with van der Waals surface area (Å²) in [5, 5.41) is 5.22. The van der Waals surface area contributed by atoms with E-state index in [-0.39, 0.29) is 5.91 Å². The van der Waals surface area contributed by atoms with E-state index in [0.717, 1.165) is 50.1 Å². The fraction of sp³-hybridized carbons (Fsp3) is 0.250. The lowest BCUT2D eigenvalue weighted by atomic mass is 9.95. The molecule has 2 aromatic carbocycles. The Balaban J connectivity index is 1.57. The maximum absolute atomic E-state index is 13.2. The highest BCUT2D eigenvalue weighted by Crippen LogP contribution is 2.46. The number of carbonyl (C=O) groups is 1. The van der Waals surface area contributed by atoms with Crippen molar-refractivity contribution >= 4 is 55.6 Å². The predicted molar refractivity (Wildman–Crippen MR) is 130 cm³/mol. The molecule has 1 aliphatic rings. The van der Waals surface area contributed by atoms with Crippen molar-refractivity contribution in [3.8, 4) is 10.6 Å². The number of nitrogens with one attached hydrogen (secondary N) is 1. The van der Waals surface area contributed by atoms with Gasteiger partial charge in [-0.1, -0.05) is 31.2 Å². The molecule has 1 aliphatic carbocycles. The Labute approximate surface area is 188 Å². The van der Waals surface area contributed by atoms with Gasteiger partial charge in [0.1, 0.15) is 10.0 Å².